The molecule has 0 atom stereocenters. The average molecular weight is 313 g/mol. The predicted molar refractivity (Wildman–Crippen MR) is 78.8 cm³/mol. The third kappa shape index (κ3) is 7.45. The smallest absolute Gasteiger partial charge is 0.303 e. The van der Waals surface area contributed by atoms with Crippen LogP contribution < -0.4 is 5.32 Å². The summed E-state index contributed by atoms with van der Waals surface area (Å²) in [6.45, 7) is 0.414. The Morgan fingerprint density at radius 2 is 1.76 bits per heavy atom. The molecule has 0 radical (unpaired) electrons. The number of hydrogen-bond acceptors (Lipinski definition) is 4. The lowest BCUT2D eigenvalue weighted by Crippen LogP contribution is -2.24. The van der Waals surface area contributed by atoms with E-state index in [4.69, 9.17) is 5.11 Å². The second-order valence-corrected chi connectivity index (χ2v) is 7.01. The van der Waals surface area contributed by atoms with Crippen LogP contribution in [0.15, 0.2) is 24.3 Å². The van der Waals surface area contributed by atoms with E-state index in [1.807, 2.05) is 0 Å². The molecule has 2 N–H and O–H groups in total. The van der Waals surface area contributed by atoms with Crippen LogP contribution in [-0.4, -0.2) is 38.2 Å². The lowest BCUT2D eigenvalue weighted by atomic mass is 10.1. The number of benzene rings is 1. The zero-order valence-corrected chi connectivity index (χ0v) is 12.6. The van der Waals surface area contributed by atoms with Gasteiger partial charge in [0.15, 0.2) is 9.84 Å². The van der Waals surface area contributed by atoms with E-state index < -0.39 is 15.8 Å². The molecule has 1 rings (SSSR count). The molecule has 0 unspecified atom stereocenters. The molecule has 1 aromatic rings. The van der Waals surface area contributed by atoms with Crippen LogP contribution >= 0.6 is 0 Å². The number of carboxylic acid groups (broad SMARTS) is 1. The van der Waals surface area contributed by atoms with E-state index in [1.165, 1.54) is 0 Å². The average Bonchev–Trinajstić information content (AvgIpc) is 2.36. The Balaban J connectivity index is 2.43. The highest BCUT2D eigenvalue weighted by Crippen LogP contribution is 2.08. The van der Waals surface area contributed by atoms with Crippen LogP contribution in [0.5, 0.6) is 0 Å². The van der Waals surface area contributed by atoms with Crippen molar-refractivity contribution in [3.05, 3.63) is 35.4 Å². The summed E-state index contributed by atoms with van der Waals surface area (Å²) in [4.78, 5) is 22.1. The van der Waals surface area contributed by atoms with Crippen molar-refractivity contribution in [2.45, 2.75) is 25.0 Å². The van der Waals surface area contributed by atoms with Gasteiger partial charge in [0.25, 0.3) is 5.91 Å². The van der Waals surface area contributed by atoms with Crippen molar-refractivity contribution in [2.75, 3.05) is 12.8 Å². The Bertz CT molecular complexity index is 592. The van der Waals surface area contributed by atoms with Crippen molar-refractivity contribution < 1.29 is 23.1 Å². The number of sulfone groups is 1. The molecule has 0 spiro atoms. The molecule has 0 saturated heterocycles. The van der Waals surface area contributed by atoms with E-state index in [2.05, 4.69) is 5.32 Å². The molecule has 1 amide bonds. The van der Waals surface area contributed by atoms with Gasteiger partial charge in [-0.25, -0.2) is 8.42 Å². The number of carboxylic acids is 1. The lowest BCUT2D eigenvalue weighted by Gasteiger charge is -2.05. The number of aliphatic carboxylic acids is 1. The minimum Gasteiger partial charge on any atom is -0.481 e. The third-order valence-corrected chi connectivity index (χ3v) is 3.61. The van der Waals surface area contributed by atoms with Gasteiger partial charge < -0.3 is 10.4 Å². The van der Waals surface area contributed by atoms with Crippen LogP contribution in [0.3, 0.4) is 0 Å². The van der Waals surface area contributed by atoms with Crippen molar-refractivity contribution in [1.82, 2.24) is 5.32 Å². The maximum atomic E-state index is 11.8. The maximum absolute atomic E-state index is 11.8. The summed E-state index contributed by atoms with van der Waals surface area (Å²) in [5, 5.41) is 11.2. The number of unbranched alkanes of at least 4 members (excludes halogenated alkanes) is 1. The van der Waals surface area contributed by atoms with E-state index in [-0.39, 0.29) is 18.1 Å². The first-order valence-electron chi connectivity index (χ1n) is 6.54. The van der Waals surface area contributed by atoms with Gasteiger partial charge in [0.2, 0.25) is 0 Å². The molecule has 0 aromatic heterocycles. The van der Waals surface area contributed by atoms with E-state index in [0.29, 0.717) is 30.5 Å². The number of carbonyl (C=O) groups is 2. The molecule has 0 saturated carbocycles. The quantitative estimate of drug-likeness (QED) is 0.703. The maximum Gasteiger partial charge on any atom is 0.303 e. The van der Waals surface area contributed by atoms with Gasteiger partial charge in [-0.2, -0.15) is 0 Å². The van der Waals surface area contributed by atoms with Gasteiger partial charge in [0, 0.05) is 24.8 Å². The Labute approximate surface area is 124 Å². The molecule has 0 aliphatic heterocycles. The number of carbonyl (C=O) groups excluding carboxylic acids is 1. The molecule has 0 bridgehead atoms. The first kappa shape index (κ1) is 17.2. The summed E-state index contributed by atoms with van der Waals surface area (Å²) in [6.07, 6.45) is 2.37. The molecular formula is C14H19NO5S. The fraction of sp³-hybridized carbons (Fsp3) is 0.429. The van der Waals surface area contributed by atoms with Crippen LogP contribution in [0.1, 0.15) is 35.2 Å². The van der Waals surface area contributed by atoms with Crippen molar-refractivity contribution >= 4 is 21.7 Å². The topological polar surface area (TPSA) is 101 Å². The second kappa shape index (κ2) is 7.78. The molecular weight excluding hydrogens is 294 g/mol. The SMILES string of the molecule is CS(=O)(=O)Cc1ccc(C(=O)NCCCCC(=O)O)cc1. The molecule has 116 valence electrons. The van der Waals surface area contributed by atoms with Gasteiger partial charge in [-0.1, -0.05) is 12.1 Å². The molecule has 0 aliphatic carbocycles. The van der Waals surface area contributed by atoms with Crippen molar-refractivity contribution in [2.24, 2.45) is 0 Å². The number of nitrogens with one attached hydrogen (secondary N) is 1. The first-order valence-corrected chi connectivity index (χ1v) is 8.60. The fourth-order valence-corrected chi connectivity index (χ4v) is 2.56. The van der Waals surface area contributed by atoms with Gasteiger partial charge in [-0.05, 0) is 30.5 Å². The summed E-state index contributed by atoms with van der Waals surface area (Å²) >= 11 is 0. The molecule has 0 heterocycles. The van der Waals surface area contributed by atoms with Crippen LogP contribution in [0.2, 0.25) is 0 Å². The fourth-order valence-electron chi connectivity index (χ4n) is 1.76. The minimum absolute atomic E-state index is 0.0515. The van der Waals surface area contributed by atoms with E-state index in [9.17, 15) is 18.0 Å². The Morgan fingerprint density at radius 3 is 2.29 bits per heavy atom. The highest BCUT2D eigenvalue weighted by molar-refractivity contribution is 7.89. The summed E-state index contributed by atoms with van der Waals surface area (Å²) in [7, 11) is -3.09. The highest BCUT2D eigenvalue weighted by atomic mass is 32.2. The van der Waals surface area contributed by atoms with Crippen molar-refractivity contribution in [1.29, 1.82) is 0 Å². The van der Waals surface area contributed by atoms with Gasteiger partial charge in [-0.15, -0.1) is 0 Å². The molecule has 21 heavy (non-hydrogen) atoms. The van der Waals surface area contributed by atoms with Crippen LogP contribution in [-0.2, 0) is 20.4 Å². The second-order valence-electron chi connectivity index (χ2n) is 4.87. The van der Waals surface area contributed by atoms with Gasteiger partial charge >= 0.3 is 5.97 Å². The van der Waals surface area contributed by atoms with E-state index >= 15 is 0 Å². The van der Waals surface area contributed by atoms with Gasteiger partial charge in [0.1, 0.15) is 0 Å². The zero-order chi connectivity index (χ0) is 15.9. The molecule has 1 aromatic carbocycles. The normalized spacial score (nSPS) is 11.1. The molecule has 7 heteroatoms. The van der Waals surface area contributed by atoms with Gasteiger partial charge in [0.05, 0.1) is 5.75 Å². The summed E-state index contributed by atoms with van der Waals surface area (Å²) in [5.74, 6) is -1.15. The number of amides is 1. The molecule has 0 fully saturated rings. The van der Waals surface area contributed by atoms with Gasteiger partial charge in [-0.3, -0.25) is 9.59 Å². The van der Waals surface area contributed by atoms with Crippen molar-refractivity contribution in [3.63, 3.8) is 0 Å². The van der Waals surface area contributed by atoms with Crippen molar-refractivity contribution in [3.8, 4) is 0 Å². The van der Waals surface area contributed by atoms with E-state index in [1.54, 1.807) is 24.3 Å². The third-order valence-electron chi connectivity index (χ3n) is 2.75. The minimum atomic E-state index is -3.09. The monoisotopic (exact) mass is 313 g/mol. The largest absolute Gasteiger partial charge is 0.481 e. The van der Waals surface area contributed by atoms with Crippen LogP contribution in [0, 0.1) is 0 Å². The van der Waals surface area contributed by atoms with E-state index in [0.717, 1.165) is 6.26 Å². The lowest BCUT2D eigenvalue weighted by molar-refractivity contribution is -0.137. The zero-order valence-electron chi connectivity index (χ0n) is 11.8. The molecule has 6 nitrogen and oxygen atoms in total. The molecule has 0 aliphatic rings. The Hall–Kier alpha value is -1.89. The summed E-state index contributed by atoms with van der Waals surface area (Å²) in [6, 6.07) is 6.38. The van der Waals surface area contributed by atoms with Crippen LogP contribution in [0.4, 0.5) is 0 Å². The standard InChI is InChI=1S/C14H19NO5S/c1-21(19,20)10-11-5-7-12(8-6-11)14(18)15-9-3-2-4-13(16)17/h5-8H,2-4,9-10H2,1H3,(H,15,18)(H,16,17). The van der Waals surface area contributed by atoms with Crippen LogP contribution in [0.25, 0.3) is 0 Å². The number of hydrogen-bond donors (Lipinski definition) is 2. The Kier molecular flexibility index (Phi) is 6.36. The first-order chi connectivity index (χ1) is 9.78. The highest BCUT2D eigenvalue weighted by Gasteiger charge is 2.07. The number of rotatable bonds is 8. The summed E-state index contributed by atoms with van der Waals surface area (Å²) < 4.78 is 22.3. The summed E-state index contributed by atoms with van der Waals surface area (Å²) in [5.41, 5.74) is 1.08. The Morgan fingerprint density at radius 1 is 1.14 bits per heavy atom. The predicted octanol–water partition coefficient (Wildman–Crippen LogP) is 1.22.